The number of hydrogen-bond acceptors (Lipinski definition) is 1. The van der Waals surface area contributed by atoms with Crippen molar-refractivity contribution in [3.05, 3.63) is 0 Å². The highest BCUT2D eigenvalue weighted by Crippen LogP contribution is 2.10. The second-order valence-corrected chi connectivity index (χ2v) is 3.14. The Morgan fingerprint density at radius 3 is 2.27 bits per heavy atom. The summed E-state index contributed by atoms with van der Waals surface area (Å²) in [5, 5.41) is 0. The van der Waals surface area contributed by atoms with Crippen LogP contribution in [0, 0.1) is 5.92 Å². The van der Waals surface area contributed by atoms with E-state index in [0.29, 0.717) is 0 Å². The van der Waals surface area contributed by atoms with Gasteiger partial charge >= 0.3 is 0 Å². The SMILES string of the molecule is CCCOCC(CC)CCC. The van der Waals surface area contributed by atoms with Gasteiger partial charge in [0.15, 0.2) is 0 Å². The Morgan fingerprint density at radius 2 is 1.82 bits per heavy atom. The molecule has 0 bridgehead atoms. The van der Waals surface area contributed by atoms with Crippen molar-refractivity contribution in [2.45, 2.75) is 46.5 Å². The topological polar surface area (TPSA) is 9.23 Å². The monoisotopic (exact) mass is 158 g/mol. The lowest BCUT2D eigenvalue weighted by Crippen LogP contribution is -2.08. The molecule has 0 fully saturated rings. The van der Waals surface area contributed by atoms with Gasteiger partial charge in [-0.2, -0.15) is 0 Å². The predicted molar refractivity (Wildman–Crippen MR) is 49.8 cm³/mol. The van der Waals surface area contributed by atoms with Gasteiger partial charge in [-0.15, -0.1) is 0 Å². The van der Waals surface area contributed by atoms with Crippen LogP contribution in [0.3, 0.4) is 0 Å². The van der Waals surface area contributed by atoms with E-state index in [0.717, 1.165) is 25.6 Å². The van der Waals surface area contributed by atoms with Crippen LogP contribution in [0.5, 0.6) is 0 Å². The summed E-state index contributed by atoms with van der Waals surface area (Å²) in [5.74, 6) is 0.798. The van der Waals surface area contributed by atoms with Crippen LogP contribution in [0.1, 0.15) is 46.5 Å². The lowest BCUT2D eigenvalue weighted by Gasteiger charge is -2.13. The van der Waals surface area contributed by atoms with Crippen molar-refractivity contribution in [3.63, 3.8) is 0 Å². The summed E-state index contributed by atoms with van der Waals surface area (Å²) in [6.07, 6.45) is 5.01. The fourth-order valence-corrected chi connectivity index (χ4v) is 1.21. The first-order chi connectivity index (χ1) is 5.35. The molecule has 0 rings (SSSR count). The molecule has 1 heteroatoms. The molecule has 0 aromatic carbocycles. The highest BCUT2D eigenvalue weighted by atomic mass is 16.5. The summed E-state index contributed by atoms with van der Waals surface area (Å²) >= 11 is 0. The van der Waals surface area contributed by atoms with Gasteiger partial charge in [-0.3, -0.25) is 0 Å². The third kappa shape index (κ3) is 6.36. The Balaban J connectivity index is 3.20. The van der Waals surface area contributed by atoms with Crippen LogP contribution in [0.15, 0.2) is 0 Å². The van der Waals surface area contributed by atoms with Crippen LogP contribution in [-0.4, -0.2) is 13.2 Å². The second-order valence-electron chi connectivity index (χ2n) is 3.14. The van der Waals surface area contributed by atoms with Gasteiger partial charge in [0.1, 0.15) is 0 Å². The van der Waals surface area contributed by atoms with E-state index in [1.807, 2.05) is 0 Å². The number of rotatable bonds is 7. The minimum atomic E-state index is 0.798. The molecule has 0 aliphatic rings. The van der Waals surface area contributed by atoms with Gasteiger partial charge in [0, 0.05) is 13.2 Å². The van der Waals surface area contributed by atoms with Crippen molar-refractivity contribution in [1.82, 2.24) is 0 Å². The molecule has 0 spiro atoms. The van der Waals surface area contributed by atoms with Crippen molar-refractivity contribution < 1.29 is 4.74 Å². The summed E-state index contributed by atoms with van der Waals surface area (Å²) in [6.45, 7) is 8.54. The summed E-state index contributed by atoms with van der Waals surface area (Å²) in [7, 11) is 0. The summed E-state index contributed by atoms with van der Waals surface area (Å²) in [4.78, 5) is 0. The number of ether oxygens (including phenoxy) is 1. The molecule has 0 saturated heterocycles. The van der Waals surface area contributed by atoms with Gasteiger partial charge in [0.25, 0.3) is 0 Å². The van der Waals surface area contributed by atoms with Crippen LogP contribution in [0.4, 0.5) is 0 Å². The molecule has 0 N–H and O–H groups in total. The van der Waals surface area contributed by atoms with E-state index in [1.54, 1.807) is 0 Å². The highest BCUT2D eigenvalue weighted by Gasteiger charge is 2.03. The van der Waals surface area contributed by atoms with Crippen LogP contribution in [0.25, 0.3) is 0 Å². The third-order valence-corrected chi connectivity index (χ3v) is 1.98. The molecule has 0 aromatic rings. The largest absolute Gasteiger partial charge is 0.381 e. The lowest BCUT2D eigenvalue weighted by atomic mass is 10.0. The Labute approximate surface area is 71.1 Å². The molecule has 0 radical (unpaired) electrons. The fourth-order valence-electron chi connectivity index (χ4n) is 1.21. The molecule has 68 valence electrons. The smallest absolute Gasteiger partial charge is 0.0494 e. The van der Waals surface area contributed by atoms with E-state index in [-0.39, 0.29) is 0 Å². The molecule has 0 aromatic heterocycles. The van der Waals surface area contributed by atoms with Crippen LogP contribution in [-0.2, 0) is 4.74 Å². The second kappa shape index (κ2) is 8.06. The van der Waals surface area contributed by atoms with Crippen LogP contribution in [0.2, 0.25) is 0 Å². The van der Waals surface area contributed by atoms with Gasteiger partial charge < -0.3 is 4.74 Å². The van der Waals surface area contributed by atoms with Gasteiger partial charge in [0.2, 0.25) is 0 Å². The van der Waals surface area contributed by atoms with E-state index in [1.165, 1.54) is 19.3 Å². The molecular weight excluding hydrogens is 136 g/mol. The average Bonchev–Trinajstić information content (AvgIpc) is 2.03. The molecule has 0 saturated carbocycles. The van der Waals surface area contributed by atoms with Gasteiger partial charge in [0.05, 0.1) is 0 Å². The van der Waals surface area contributed by atoms with Crippen molar-refractivity contribution in [3.8, 4) is 0 Å². The van der Waals surface area contributed by atoms with E-state index in [9.17, 15) is 0 Å². The van der Waals surface area contributed by atoms with Gasteiger partial charge in [-0.1, -0.05) is 33.6 Å². The maximum Gasteiger partial charge on any atom is 0.0494 e. The van der Waals surface area contributed by atoms with E-state index < -0.39 is 0 Å². The van der Waals surface area contributed by atoms with Crippen molar-refractivity contribution in [2.75, 3.05) is 13.2 Å². The van der Waals surface area contributed by atoms with Crippen molar-refractivity contribution >= 4 is 0 Å². The highest BCUT2D eigenvalue weighted by molar-refractivity contribution is 4.54. The zero-order valence-electron chi connectivity index (χ0n) is 8.23. The molecule has 0 aliphatic heterocycles. The molecule has 0 aliphatic carbocycles. The zero-order chi connectivity index (χ0) is 8.53. The first kappa shape index (κ1) is 11.0. The first-order valence-electron chi connectivity index (χ1n) is 4.92. The Kier molecular flexibility index (Phi) is 8.03. The Bertz CT molecular complexity index is 71.3. The zero-order valence-corrected chi connectivity index (χ0v) is 8.23. The minimum absolute atomic E-state index is 0.798. The van der Waals surface area contributed by atoms with E-state index in [2.05, 4.69) is 20.8 Å². The first-order valence-corrected chi connectivity index (χ1v) is 4.92. The predicted octanol–water partition coefficient (Wildman–Crippen LogP) is 3.24. The molecule has 11 heavy (non-hydrogen) atoms. The normalized spacial score (nSPS) is 13.4. The Hall–Kier alpha value is -0.0400. The maximum atomic E-state index is 5.49. The van der Waals surface area contributed by atoms with Crippen molar-refractivity contribution in [2.24, 2.45) is 5.92 Å². The van der Waals surface area contributed by atoms with Crippen LogP contribution >= 0.6 is 0 Å². The standard InChI is InChI=1S/C10H22O/c1-4-7-10(6-3)9-11-8-5-2/h10H,4-9H2,1-3H3. The van der Waals surface area contributed by atoms with Crippen LogP contribution < -0.4 is 0 Å². The summed E-state index contributed by atoms with van der Waals surface area (Å²) in [6, 6.07) is 0. The van der Waals surface area contributed by atoms with Crippen molar-refractivity contribution in [1.29, 1.82) is 0 Å². The van der Waals surface area contributed by atoms with E-state index >= 15 is 0 Å². The molecule has 1 nitrogen and oxygen atoms in total. The third-order valence-electron chi connectivity index (χ3n) is 1.98. The molecule has 0 amide bonds. The average molecular weight is 158 g/mol. The summed E-state index contributed by atoms with van der Waals surface area (Å²) < 4.78 is 5.49. The quantitative estimate of drug-likeness (QED) is 0.517. The Morgan fingerprint density at radius 1 is 1.09 bits per heavy atom. The molecule has 1 unspecified atom stereocenters. The number of hydrogen-bond donors (Lipinski definition) is 0. The lowest BCUT2D eigenvalue weighted by molar-refractivity contribution is 0.0950. The molecule has 1 atom stereocenters. The van der Waals surface area contributed by atoms with Gasteiger partial charge in [-0.25, -0.2) is 0 Å². The molecular formula is C10H22O. The summed E-state index contributed by atoms with van der Waals surface area (Å²) in [5.41, 5.74) is 0. The fraction of sp³-hybridized carbons (Fsp3) is 1.00. The van der Waals surface area contributed by atoms with E-state index in [4.69, 9.17) is 4.74 Å². The molecule has 0 heterocycles. The van der Waals surface area contributed by atoms with Gasteiger partial charge in [-0.05, 0) is 18.8 Å². The minimum Gasteiger partial charge on any atom is -0.381 e. The maximum absolute atomic E-state index is 5.49.